The van der Waals surface area contributed by atoms with Gasteiger partial charge in [0.15, 0.2) is 0 Å². The molecule has 3 unspecified atom stereocenters. The molecule has 5 rings (SSSR count). The van der Waals surface area contributed by atoms with Crippen molar-refractivity contribution >= 4 is 22.1 Å². The Morgan fingerprint density at radius 1 is 1.12 bits per heavy atom. The van der Waals surface area contributed by atoms with Crippen molar-refractivity contribution in [2.24, 2.45) is 5.92 Å². The average molecular weight is 498 g/mol. The SMILES string of the molecule is CC(c1cnc(-c2ccc(C(CC3CCOCC3)c3ccc(S(=O)C4CC4)cc3)[nH]2)s1)N(C)C. The van der Waals surface area contributed by atoms with Crippen molar-refractivity contribution in [2.45, 2.75) is 61.1 Å². The van der Waals surface area contributed by atoms with Gasteiger partial charge in [-0.1, -0.05) is 12.1 Å². The van der Waals surface area contributed by atoms with Crippen LogP contribution in [0.5, 0.6) is 0 Å². The van der Waals surface area contributed by atoms with Gasteiger partial charge in [-0.25, -0.2) is 4.98 Å². The zero-order chi connectivity index (χ0) is 23.7. The van der Waals surface area contributed by atoms with Gasteiger partial charge in [-0.3, -0.25) is 4.21 Å². The number of nitrogens with zero attached hydrogens (tertiary/aromatic N) is 2. The molecule has 0 radical (unpaired) electrons. The molecule has 1 aliphatic heterocycles. The lowest BCUT2D eigenvalue weighted by molar-refractivity contribution is 0.0626. The maximum atomic E-state index is 12.6. The lowest BCUT2D eigenvalue weighted by atomic mass is 9.83. The number of ether oxygens (including phenoxy) is 1. The van der Waals surface area contributed by atoms with Crippen LogP contribution in [0.1, 0.15) is 67.1 Å². The molecule has 1 aliphatic carbocycles. The second kappa shape index (κ2) is 10.4. The molecule has 7 heteroatoms. The van der Waals surface area contributed by atoms with Gasteiger partial charge in [0.25, 0.3) is 0 Å². The van der Waals surface area contributed by atoms with Crippen LogP contribution in [0.25, 0.3) is 10.7 Å². The molecule has 3 aromatic rings. The molecule has 1 N–H and O–H groups in total. The van der Waals surface area contributed by atoms with Crippen LogP contribution in [0.2, 0.25) is 0 Å². The zero-order valence-electron chi connectivity index (χ0n) is 20.3. The minimum atomic E-state index is -0.857. The second-order valence-electron chi connectivity index (χ2n) is 9.94. The van der Waals surface area contributed by atoms with Gasteiger partial charge in [0.1, 0.15) is 5.01 Å². The molecule has 0 bridgehead atoms. The molecule has 1 saturated carbocycles. The van der Waals surface area contributed by atoms with Crippen LogP contribution in [0.4, 0.5) is 0 Å². The number of thiazole rings is 1. The van der Waals surface area contributed by atoms with Gasteiger partial charge in [0.05, 0.1) is 16.5 Å². The number of nitrogens with one attached hydrogen (secondary N) is 1. The molecule has 0 amide bonds. The number of benzene rings is 1. The number of H-pyrrole nitrogens is 1. The van der Waals surface area contributed by atoms with Crippen LogP contribution in [-0.4, -0.2) is 51.6 Å². The lowest BCUT2D eigenvalue weighted by Crippen LogP contribution is -2.18. The third-order valence-electron chi connectivity index (χ3n) is 7.28. The topological polar surface area (TPSA) is 58.2 Å². The number of hydrogen-bond donors (Lipinski definition) is 1. The van der Waals surface area contributed by atoms with Crippen molar-refractivity contribution in [1.82, 2.24) is 14.9 Å². The fraction of sp³-hybridized carbons (Fsp3) is 0.519. The zero-order valence-corrected chi connectivity index (χ0v) is 22.0. The average Bonchev–Trinajstić information content (AvgIpc) is 3.39. The fourth-order valence-electron chi connectivity index (χ4n) is 4.67. The van der Waals surface area contributed by atoms with Crippen LogP contribution >= 0.6 is 11.3 Å². The summed E-state index contributed by atoms with van der Waals surface area (Å²) in [5.41, 5.74) is 3.60. The van der Waals surface area contributed by atoms with Crippen LogP contribution in [0.3, 0.4) is 0 Å². The Morgan fingerprint density at radius 3 is 2.53 bits per heavy atom. The highest BCUT2D eigenvalue weighted by molar-refractivity contribution is 7.86. The standard InChI is InChI=1S/C27H35N3O2S2/c1-18(30(2)3)26-17-28-27(33-26)25-11-10-24(29-25)23(16-19-12-14-32-15-13-19)20-4-6-21(7-5-20)34(31)22-8-9-22/h4-7,10-11,17-19,22-23,29H,8-9,12-16H2,1-3H3. The lowest BCUT2D eigenvalue weighted by Gasteiger charge is -2.27. The summed E-state index contributed by atoms with van der Waals surface area (Å²) in [7, 11) is 3.34. The summed E-state index contributed by atoms with van der Waals surface area (Å²) in [5, 5.41) is 1.41. The smallest absolute Gasteiger partial charge is 0.139 e. The Hall–Kier alpha value is -1.80. The summed E-state index contributed by atoms with van der Waals surface area (Å²) in [6.45, 7) is 3.93. The van der Waals surface area contributed by atoms with E-state index in [4.69, 9.17) is 9.72 Å². The Morgan fingerprint density at radius 2 is 1.85 bits per heavy atom. The normalized spacial score (nSPS) is 19.9. The van der Waals surface area contributed by atoms with Crippen molar-refractivity contribution in [3.05, 3.63) is 58.7 Å². The van der Waals surface area contributed by atoms with Gasteiger partial charge in [-0.15, -0.1) is 11.3 Å². The molecule has 1 aromatic carbocycles. The third kappa shape index (κ3) is 5.38. The van der Waals surface area contributed by atoms with Gasteiger partial charge in [-0.2, -0.15) is 0 Å². The Kier molecular flexibility index (Phi) is 7.35. The second-order valence-corrected chi connectivity index (χ2v) is 12.7. The predicted octanol–water partition coefficient (Wildman–Crippen LogP) is 5.98. The summed E-state index contributed by atoms with van der Waals surface area (Å²) in [6, 6.07) is 13.3. The summed E-state index contributed by atoms with van der Waals surface area (Å²) in [5.74, 6) is 0.929. The monoisotopic (exact) mass is 497 g/mol. The molecule has 3 atom stereocenters. The van der Waals surface area contributed by atoms with Crippen LogP contribution in [0.15, 0.2) is 47.5 Å². The molecular weight excluding hydrogens is 462 g/mol. The van der Waals surface area contributed by atoms with E-state index >= 15 is 0 Å². The van der Waals surface area contributed by atoms with Crippen molar-refractivity contribution in [1.29, 1.82) is 0 Å². The summed E-state index contributed by atoms with van der Waals surface area (Å²) in [6.07, 6.45) is 7.52. The van der Waals surface area contributed by atoms with E-state index in [1.807, 2.05) is 6.20 Å². The van der Waals surface area contributed by atoms with E-state index in [1.165, 1.54) is 16.1 Å². The molecule has 182 valence electrons. The highest BCUT2D eigenvalue weighted by atomic mass is 32.2. The molecule has 3 heterocycles. The van der Waals surface area contributed by atoms with E-state index in [2.05, 4.69) is 67.3 Å². The summed E-state index contributed by atoms with van der Waals surface area (Å²) >= 11 is 1.76. The molecular formula is C27H35N3O2S2. The first-order valence-electron chi connectivity index (χ1n) is 12.4. The van der Waals surface area contributed by atoms with Gasteiger partial charge in [0, 0.05) is 52.1 Å². The molecule has 0 spiro atoms. The van der Waals surface area contributed by atoms with E-state index in [1.54, 1.807) is 11.3 Å². The largest absolute Gasteiger partial charge is 0.381 e. The number of hydrogen-bond acceptors (Lipinski definition) is 5. The minimum Gasteiger partial charge on any atom is -0.381 e. The summed E-state index contributed by atoms with van der Waals surface area (Å²) < 4.78 is 18.2. The van der Waals surface area contributed by atoms with E-state index in [0.717, 1.165) is 60.9 Å². The first kappa shape index (κ1) is 23.9. The number of rotatable bonds is 9. The molecule has 5 nitrogen and oxygen atoms in total. The van der Waals surface area contributed by atoms with E-state index in [0.29, 0.717) is 17.2 Å². The Balaban J connectivity index is 1.40. The van der Waals surface area contributed by atoms with Crippen molar-refractivity contribution < 1.29 is 8.95 Å². The minimum absolute atomic E-state index is 0.278. The first-order chi connectivity index (χ1) is 16.5. The Labute approximate surface area is 209 Å². The number of aromatic nitrogens is 2. The molecule has 2 aliphatic rings. The van der Waals surface area contributed by atoms with Crippen LogP contribution in [-0.2, 0) is 15.5 Å². The van der Waals surface area contributed by atoms with E-state index in [9.17, 15) is 4.21 Å². The molecule has 2 aromatic heterocycles. The van der Waals surface area contributed by atoms with Gasteiger partial charge in [0.2, 0.25) is 0 Å². The highest BCUT2D eigenvalue weighted by Gasteiger charge is 2.30. The molecule has 34 heavy (non-hydrogen) atoms. The highest BCUT2D eigenvalue weighted by Crippen LogP contribution is 2.37. The first-order valence-corrected chi connectivity index (χ1v) is 14.4. The van der Waals surface area contributed by atoms with Crippen molar-refractivity contribution in [3.8, 4) is 10.7 Å². The van der Waals surface area contributed by atoms with E-state index < -0.39 is 10.8 Å². The van der Waals surface area contributed by atoms with Gasteiger partial charge < -0.3 is 14.6 Å². The maximum absolute atomic E-state index is 12.6. The van der Waals surface area contributed by atoms with Crippen LogP contribution < -0.4 is 0 Å². The number of aromatic amines is 1. The van der Waals surface area contributed by atoms with Gasteiger partial charge in [-0.05, 0) is 88.9 Å². The fourth-order valence-corrected chi connectivity index (χ4v) is 7.06. The molecule has 1 saturated heterocycles. The van der Waals surface area contributed by atoms with Crippen LogP contribution in [0, 0.1) is 5.92 Å². The Bertz CT molecular complexity index is 1110. The van der Waals surface area contributed by atoms with Crippen molar-refractivity contribution in [2.75, 3.05) is 27.3 Å². The van der Waals surface area contributed by atoms with Crippen molar-refractivity contribution in [3.63, 3.8) is 0 Å². The van der Waals surface area contributed by atoms with E-state index in [-0.39, 0.29) is 5.92 Å². The third-order valence-corrected chi connectivity index (χ3v) is 10.3. The maximum Gasteiger partial charge on any atom is 0.139 e. The molecule has 2 fully saturated rings. The predicted molar refractivity (Wildman–Crippen MR) is 140 cm³/mol. The van der Waals surface area contributed by atoms with Gasteiger partial charge >= 0.3 is 0 Å². The quantitative estimate of drug-likeness (QED) is 0.395. The summed E-state index contributed by atoms with van der Waals surface area (Å²) in [4.78, 5) is 12.9.